The molecule has 1 aliphatic rings. The van der Waals surface area contributed by atoms with Crippen LogP contribution in [0.3, 0.4) is 0 Å². The molecular weight excluding hydrogens is 188 g/mol. The minimum Gasteiger partial charge on any atom is -0.613 e. The van der Waals surface area contributed by atoms with E-state index < -0.39 is 0 Å². The van der Waals surface area contributed by atoms with Gasteiger partial charge >= 0.3 is 0 Å². The third-order valence-corrected chi connectivity index (χ3v) is 3.31. The van der Waals surface area contributed by atoms with Crippen molar-refractivity contribution in [1.29, 1.82) is 0 Å². The lowest BCUT2D eigenvalue weighted by Gasteiger charge is -2.23. The Morgan fingerprint density at radius 2 is 1.67 bits per heavy atom. The van der Waals surface area contributed by atoms with Crippen molar-refractivity contribution < 1.29 is 5.17 Å². The maximum Gasteiger partial charge on any atom is 0.0946 e. The average Bonchev–Trinajstić information content (AvgIpc) is 2.24. The quantitative estimate of drug-likeness (QED) is 0.602. The molecule has 0 aliphatic carbocycles. The standard InChI is InChI=1S/C12H26N2O/c1-12-8-6-4-2-3-5-7-10-13-14(15)11-9-12/h12-14H,2-11H2,1H3. The van der Waals surface area contributed by atoms with E-state index in [1.54, 1.807) is 0 Å². The molecule has 3 nitrogen and oxygen atoms in total. The third kappa shape index (κ3) is 6.88. The number of hydrogen-bond acceptors (Lipinski definition) is 2. The van der Waals surface area contributed by atoms with Crippen LogP contribution in [0.25, 0.3) is 0 Å². The molecule has 0 bridgehead atoms. The van der Waals surface area contributed by atoms with Gasteiger partial charge in [0.05, 0.1) is 6.54 Å². The van der Waals surface area contributed by atoms with Gasteiger partial charge in [-0.3, -0.25) is 5.17 Å². The molecule has 0 radical (unpaired) electrons. The van der Waals surface area contributed by atoms with Crippen LogP contribution < -0.4 is 10.6 Å². The summed E-state index contributed by atoms with van der Waals surface area (Å²) in [5, 5.41) is 11.7. The molecule has 0 aromatic heterocycles. The second kappa shape index (κ2) is 8.08. The van der Waals surface area contributed by atoms with Gasteiger partial charge in [-0.2, -0.15) is 5.43 Å². The van der Waals surface area contributed by atoms with Crippen molar-refractivity contribution in [2.24, 2.45) is 5.92 Å². The fourth-order valence-corrected chi connectivity index (χ4v) is 2.16. The second-order valence-electron chi connectivity index (χ2n) is 4.90. The number of rotatable bonds is 0. The van der Waals surface area contributed by atoms with Gasteiger partial charge in [-0.05, 0) is 12.3 Å². The summed E-state index contributed by atoms with van der Waals surface area (Å²) in [7, 11) is 0. The first-order valence-corrected chi connectivity index (χ1v) is 6.56. The highest BCUT2D eigenvalue weighted by Gasteiger charge is 2.06. The van der Waals surface area contributed by atoms with E-state index in [0.717, 1.165) is 31.8 Å². The summed E-state index contributed by atoms with van der Waals surface area (Å²) < 4.78 is 0. The van der Waals surface area contributed by atoms with Crippen molar-refractivity contribution >= 4 is 0 Å². The highest BCUT2D eigenvalue weighted by Crippen LogP contribution is 2.14. The van der Waals surface area contributed by atoms with Crippen LogP contribution in [-0.2, 0) is 0 Å². The van der Waals surface area contributed by atoms with Crippen LogP contribution in [0.5, 0.6) is 0 Å². The normalized spacial score (nSPS) is 32.4. The molecule has 0 aromatic rings. The maximum atomic E-state index is 11.4. The van der Waals surface area contributed by atoms with E-state index in [0.29, 0.717) is 0 Å². The molecule has 1 heterocycles. The summed E-state index contributed by atoms with van der Waals surface area (Å²) in [6, 6.07) is 0. The molecule has 0 amide bonds. The van der Waals surface area contributed by atoms with Crippen molar-refractivity contribution in [2.75, 3.05) is 13.1 Å². The molecule has 2 atom stereocenters. The van der Waals surface area contributed by atoms with Crippen molar-refractivity contribution in [3.05, 3.63) is 5.21 Å². The van der Waals surface area contributed by atoms with Gasteiger partial charge < -0.3 is 5.21 Å². The Morgan fingerprint density at radius 1 is 1.00 bits per heavy atom. The van der Waals surface area contributed by atoms with Gasteiger partial charge in [0.1, 0.15) is 0 Å². The second-order valence-corrected chi connectivity index (χ2v) is 4.90. The van der Waals surface area contributed by atoms with Crippen LogP contribution in [0.1, 0.15) is 58.3 Å². The molecule has 1 aliphatic heterocycles. The lowest BCUT2D eigenvalue weighted by molar-refractivity contribution is -0.896. The van der Waals surface area contributed by atoms with Gasteiger partial charge in [-0.1, -0.05) is 45.4 Å². The van der Waals surface area contributed by atoms with Gasteiger partial charge in [0.25, 0.3) is 0 Å². The van der Waals surface area contributed by atoms with Crippen molar-refractivity contribution in [3.63, 3.8) is 0 Å². The number of hydrogen-bond donors (Lipinski definition) is 2. The highest BCUT2D eigenvalue weighted by atomic mass is 16.5. The number of quaternary nitrogens is 1. The molecule has 2 N–H and O–H groups in total. The summed E-state index contributed by atoms with van der Waals surface area (Å²) >= 11 is 0. The SMILES string of the molecule is CC1CCCCCCCCN[NH+]([O-])CC1. The first kappa shape index (κ1) is 12.9. The number of hydroxylamine groups is 1. The Labute approximate surface area is 93.8 Å². The van der Waals surface area contributed by atoms with Gasteiger partial charge in [0.15, 0.2) is 0 Å². The Kier molecular flexibility index (Phi) is 6.98. The molecule has 1 saturated heterocycles. The third-order valence-electron chi connectivity index (χ3n) is 3.31. The predicted molar refractivity (Wildman–Crippen MR) is 63.3 cm³/mol. The zero-order valence-electron chi connectivity index (χ0n) is 10.1. The van der Waals surface area contributed by atoms with E-state index in [-0.39, 0.29) is 5.17 Å². The minimum absolute atomic E-state index is 0.251. The van der Waals surface area contributed by atoms with E-state index in [4.69, 9.17) is 0 Å². The topological polar surface area (TPSA) is 39.5 Å². The largest absolute Gasteiger partial charge is 0.613 e. The van der Waals surface area contributed by atoms with Crippen LogP contribution >= 0.6 is 0 Å². The molecule has 1 fully saturated rings. The number of nitrogens with one attached hydrogen (secondary N) is 2. The van der Waals surface area contributed by atoms with Crippen LogP contribution in [0.2, 0.25) is 0 Å². The van der Waals surface area contributed by atoms with Crippen LogP contribution in [0.15, 0.2) is 0 Å². The summed E-state index contributed by atoms with van der Waals surface area (Å²) in [6.45, 7) is 3.88. The zero-order valence-corrected chi connectivity index (χ0v) is 10.1. The molecule has 90 valence electrons. The molecule has 1 rings (SSSR count). The fraction of sp³-hybridized carbons (Fsp3) is 1.00. The van der Waals surface area contributed by atoms with Gasteiger partial charge in [0, 0.05) is 13.0 Å². The zero-order chi connectivity index (χ0) is 10.9. The van der Waals surface area contributed by atoms with Gasteiger partial charge in [-0.25, -0.2) is 0 Å². The Balaban J connectivity index is 2.22. The highest BCUT2D eigenvalue weighted by molar-refractivity contribution is 4.54. The van der Waals surface area contributed by atoms with E-state index in [1.165, 1.54) is 38.5 Å². The Bertz CT molecular complexity index is 137. The van der Waals surface area contributed by atoms with Crippen molar-refractivity contribution in [2.45, 2.75) is 58.3 Å². The van der Waals surface area contributed by atoms with E-state index in [1.807, 2.05) is 0 Å². The maximum absolute atomic E-state index is 11.4. The smallest absolute Gasteiger partial charge is 0.0946 e. The van der Waals surface area contributed by atoms with Crippen molar-refractivity contribution in [3.8, 4) is 0 Å². The molecule has 0 aromatic carbocycles. The Hall–Kier alpha value is -0.120. The lowest BCUT2D eigenvalue weighted by Crippen LogP contribution is -3.14. The van der Waals surface area contributed by atoms with E-state index in [2.05, 4.69) is 12.3 Å². The molecule has 0 spiro atoms. The Morgan fingerprint density at radius 3 is 2.47 bits per heavy atom. The molecular formula is C12H26N2O. The molecule has 0 saturated carbocycles. The summed E-state index contributed by atoms with van der Waals surface area (Å²) in [5.41, 5.74) is 3.00. The van der Waals surface area contributed by atoms with Gasteiger partial charge in [-0.15, -0.1) is 0 Å². The lowest BCUT2D eigenvalue weighted by atomic mass is 9.99. The van der Waals surface area contributed by atoms with E-state index >= 15 is 0 Å². The molecule has 2 unspecified atom stereocenters. The first-order chi connectivity index (χ1) is 7.29. The van der Waals surface area contributed by atoms with E-state index in [9.17, 15) is 5.21 Å². The van der Waals surface area contributed by atoms with Crippen molar-refractivity contribution in [1.82, 2.24) is 5.43 Å². The summed E-state index contributed by atoms with van der Waals surface area (Å²) in [4.78, 5) is 0. The predicted octanol–water partition coefficient (Wildman–Crippen LogP) is 1.64. The summed E-state index contributed by atoms with van der Waals surface area (Å²) in [5.74, 6) is 0.719. The fourth-order valence-electron chi connectivity index (χ4n) is 2.16. The van der Waals surface area contributed by atoms with Gasteiger partial charge in [0.2, 0.25) is 0 Å². The summed E-state index contributed by atoms with van der Waals surface area (Å²) in [6.07, 6.45) is 10.2. The average molecular weight is 214 g/mol. The van der Waals surface area contributed by atoms with Crippen LogP contribution in [0.4, 0.5) is 0 Å². The molecule has 15 heavy (non-hydrogen) atoms. The minimum atomic E-state index is 0.251. The monoisotopic (exact) mass is 214 g/mol. The first-order valence-electron chi connectivity index (χ1n) is 6.56. The molecule has 3 heteroatoms. The van der Waals surface area contributed by atoms with Crippen LogP contribution in [-0.4, -0.2) is 13.1 Å². The van der Waals surface area contributed by atoms with Crippen LogP contribution in [0, 0.1) is 11.1 Å².